The van der Waals surface area contributed by atoms with Crippen LogP contribution in [0.1, 0.15) is 0 Å². The van der Waals surface area contributed by atoms with Gasteiger partial charge >= 0.3 is 0 Å². The van der Waals surface area contributed by atoms with Gasteiger partial charge in [0.1, 0.15) is 11.2 Å². The van der Waals surface area contributed by atoms with E-state index in [1.54, 1.807) is 0 Å². The Labute approximate surface area is 306 Å². The van der Waals surface area contributed by atoms with Gasteiger partial charge in [-0.2, -0.15) is 0 Å². The topological polar surface area (TPSA) is 51.8 Å². The molecule has 53 heavy (non-hydrogen) atoms. The molecule has 0 aliphatic heterocycles. The van der Waals surface area contributed by atoms with Gasteiger partial charge in [-0.3, -0.25) is 0 Å². The van der Waals surface area contributed by atoms with Gasteiger partial charge in [-0.15, -0.1) is 0 Å². The summed E-state index contributed by atoms with van der Waals surface area (Å²) in [4.78, 5) is 14.9. The Balaban J connectivity index is 1.04. The highest BCUT2D eigenvalue weighted by molar-refractivity contribution is 6.19. The molecular weight excluding hydrogens is 647 g/mol. The standard InChI is InChI=1S/C49H31N3O/c1-4-13-32(14-5-1)37-19-12-20-39(29-37)49-51-47(35-17-8-3-9-18-35)50-48(52-49)36-25-23-33(24-26-36)38-27-28-41-44-31-43(34-15-6-2-7-16-34)40-21-10-11-22-42(40)46(44)53-45(41)30-38/h1-31H. The van der Waals surface area contributed by atoms with Crippen molar-refractivity contribution in [2.75, 3.05) is 0 Å². The van der Waals surface area contributed by atoms with E-state index in [1.807, 2.05) is 36.4 Å². The third kappa shape index (κ3) is 5.63. The zero-order valence-corrected chi connectivity index (χ0v) is 28.6. The highest BCUT2D eigenvalue weighted by atomic mass is 16.3. The van der Waals surface area contributed by atoms with Crippen LogP contribution in [0.4, 0.5) is 0 Å². The number of aromatic nitrogens is 3. The van der Waals surface area contributed by atoms with E-state index in [2.05, 4.69) is 152 Å². The van der Waals surface area contributed by atoms with Crippen molar-refractivity contribution < 1.29 is 4.42 Å². The van der Waals surface area contributed by atoms with Gasteiger partial charge < -0.3 is 4.42 Å². The van der Waals surface area contributed by atoms with Gasteiger partial charge in [-0.1, -0.05) is 164 Å². The largest absolute Gasteiger partial charge is 0.455 e. The third-order valence-corrected chi connectivity index (χ3v) is 9.94. The molecule has 4 nitrogen and oxygen atoms in total. The Hall–Kier alpha value is -7.17. The fourth-order valence-corrected chi connectivity index (χ4v) is 7.26. The minimum atomic E-state index is 0.624. The van der Waals surface area contributed by atoms with Crippen LogP contribution < -0.4 is 0 Å². The molecule has 10 rings (SSSR count). The van der Waals surface area contributed by atoms with Crippen LogP contribution >= 0.6 is 0 Å². The average Bonchev–Trinajstić information content (AvgIpc) is 3.62. The van der Waals surface area contributed by atoms with E-state index < -0.39 is 0 Å². The van der Waals surface area contributed by atoms with Crippen molar-refractivity contribution in [3.8, 4) is 67.5 Å². The van der Waals surface area contributed by atoms with Crippen molar-refractivity contribution in [1.29, 1.82) is 0 Å². The molecule has 0 saturated heterocycles. The lowest BCUT2D eigenvalue weighted by Crippen LogP contribution is -2.00. The van der Waals surface area contributed by atoms with Crippen LogP contribution in [-0.2, 0) is 0 Å². The molecule has 0 N–H and O–H groups in total. The Kier molecular flexibility index (Phi) is 7.43. The number of hydrogen-bond donors (Lipinski definition) is 0. The molecule has 2 aromatic heterocycles. The molecule has 8 aromatic carbocycles. The maximum absolute atomic E-state index is 6.63. The smallest absolute Gasteiger partial charge is 0.164 e. The van der Waals surface area contributed by atoms with Crippen LogP contribution in [0.5, 0.6) is 0 Å². The SMILES string of the molecule is c1ccc(-c2cccc(-c3nc(-c4ccccc4)nc(-c4ccc(-c5ccc6c(c5)oc5c7ccccc7c(-c7ccccc7)cc65)cc4)n3)c2)cc1. The van der Waals surface area contributed by atoms with Crippen LogP contribution in [0, 0.1) is 0 Å². The summed E-state index contributed by atoms with van der Waals surface area (Å²) in [7, 11) is 0. The van der Waals surface area contributed by atoms with E-state index in [-0.39, 0.29) is 0 Å². The molecule has 0 atom stereocenters. The first-order valence-electron chi connectivity index (χ1n) is 17.8. The molecule has 0 spiro atoms. The van der Waals surface area contributed by atoms with Crippen molar-refractivity contribution >= 4 is 32.7 Å². The summed E-state index contributed by atoms with van der Waals surface area (Å²) in [5.74, 6) is 1.89. The quantitative estimate of drug-likeness (QED) is 0.176. The van der Waals surface area contributed by atoms with E-state index in [4.69, 9.17) is 19.4 Å². The van der Waals surface area contributed by atoms with Gasteiger partial charge in [0.2, 0.25) is 0 Å². The Morgan fingerprint density at radius 3 is 1.45 bits per heavy atom. The Morgan fingerprint density at radius 2 is 0.755 bits per heavy atom. The molecule has 0 aliphatic carbocycles. The number of nitrogens with zero attached hydrogens (tertiary/aromatic N) is 3. The molecule has 0 fully saturated rings. The molecule has 0 saturated carbocycles. The third-order valence-electron chi connectivity index (χ3n) is 9.94. The lowest BCUT2D eigenvalue weighted by Gasteiger charge is -2.10. The van der Waals surface area contributed by atoms with E-state index >= 15 is 0 Å². The van der Waals surface area contributed by atoms with E-state index in [0.717, 1.165) is 66.3 Å². The summed E-state index contributed by atoms with van der Waals surface area (Å²) >= 11 is 0. The molecule has 0 radical (unpaired) electrons. The van der Waals surface area contributed by atoms with Crippen LogP contribution in [0.25, 0.3) is 100 Å². The summed E-state index contributed by atoms with van der Waals surface area (Å²) in [6, 6.07) is 65.1. The first-order chi connectivity index (χ1) is 26.2. The van der Waals surface area contributed by atoms with Crippen LogP contribution in [0.15, 0.2) is 192 Å². The fraction of sp³-hybridized carbons (Fsp3) is 0. The van der Waals surface area contributed by atoms with E-state index in [1.165, 1.54) is 16.5 Å². The molecule has 248 valence electrons. The number of benzene rings is 8. The summed E-state index contributed by atoms with van der Waals surface area (Å²) in [6.45, 7) is 0. The predicted molar refractivity (Wildman–Crippen MR) is 217 cm³/mol. The molecule has 0 aliphatic rings. The molecule has 0 unspecified atom stereocenters. The van der Waals surface area contributed by atoms with Crippen molar-refractivity contribution in [3.63, 3.8) is 0 Å². The van der Waals surface area contributed by atoms with Gasteiger partial charge in [0.15, 0.2) is 17.5 Å². The summed E-state index contributed by atoms with van der Waals surface area (Å²) in [5, 5.41) is 4.52. The Bertz CT molecular complexity index is 2920. The highest BCUT2D eigenvalue weighted by Gasteiger charge is 2.17. The van der Waals surface area contributed by atoms with Crippen molar-refractivity contribution in [2.45, 2.75) is 0 Å². The van der Waals surface area contributed by atoms with Crippen molar-refractivity contribution in [1.82, 2.24) is 15.0 Å². The average molecular weight is 678 g/mol. The first-order valence-corrected chi connectivity index (χ1v) is 17.8. The van der Waals surface area contributed by atoms with Crippen LogP contribution in [0.3, 0.4) is 0 Å². The minimum Gasteiger partial charge on any atom is -0.455 e. The zero-order valence-electron chi connectivity index (χ0n) is 28.6. The fourth-order valence-electron chi connectivity index (χ4n) is 7.26. The van der Waals surface area contributed by atoms with Gasteiger partial charge in [0.25, 0.3) is 0 Å². The van der Waals surface area contributed by atoms with Gasteiger partial charge in [-0.05, 0) is 63.0 Å². The molecule has 0 amide bonds. The molecule has 10 aromatic rings. The van der Waals surface area contributed by atoms with Crippen molar-refractivity contribution in [2.24, 2.45) is 0 Å². The predicted octanol–water partition coefficient (Wildman–Crippen LogP) is 12.9. The van der Waals surface area contributed by atoms with Crippen LogP contribution in [-0.4, -0.2) is 15.0 Å². The zero-order chi connectivity index (χ0) is 35.1. The minimum absolute atomic E-state index is 0.624. The Morgan fingerprint density at radius 1 is 0.283 bits per heavy atom. The van der Waals surface area contributed by atoms with Gasteiger partial charge in [0, 0.05) is 32.8 Å². The summed E-state index contributed by atoms with van der Waals surface area (Å²) in [6.07, 6.45) is 0. The number of furan rings is 1. The normalized spacial score (nSPS) is 11.4. The number of rotatable bonds is 6. The second kappa shape index (κ2) is 12.9. The maximum atomic E-state index is 6.63. The molecule has 2 heterocycles. The molecule has 0 bridgehead atoms. The second-order valence-corrected chi connectivity index (χ2v) is 13.2. The first kappa shape index (κ1) is 30.6. The molecule has 4 heteroatoms. The lowest BCUT2D eigenvalue weighted by molar-refractivity contribution is 0.673. The van der Waals surface area contributed by atoms with E-state index in [9.17, 15) is 0 Å². The lowest BCUT2D eigenvalue weighted by atomic mass is 9.95. The van der Waals surface area contributed by atoms with Crippen LogP contribution in [0.2, 0.25) is 0 Å². The monoisotopic (exact) mass is 677 g/mol. The second-order valence-electron chi connectivity index (χ2n) is 13.2. The number of hydrogen-bond acceptors (Lipinski definition) is 4. The summed E-state index contributed by atoms with van der Waals surface area (Å²) < 4.78 is 6.63. The van der Waals surface area contributed by atoms with Gasteiger partial charge in [0.05, 0.1) is 0 Å². The summed E-state index contributed by atoms with van der Waals surface area (Å²) in [5.41, 5.74) is 11.4. The molecular formula is C49H31N3O. The highest BCUT2D eigenvalue weighted by Crippen LogP contribution is 2.41. The van der Waals surface area contributed by atoms with E-state index in [0.29, 0.717) is 17.5 Å². The maximum Gasteiger partial charge on any atom is 0.164 e. The number of fused-ring (bicyclic) bond motifs is 5. The van der Waals surface area contributed by atoms with Gasteiger partial charge in [-0.25, -0.2) is 15.0 Å². The van der Waals surface area contributed by atoms with Crippen molar-refractivity contribution in [3.05, 3.63) is 188 Å².